The first-order valence-corrected chi connectivity index (χ1v) is 10.6. The van der Waals surface area contributed by atoms with Crippen LogP contribution in [0.1, 0.15) is 5.56 Å². The molecule has 5 rings (SSSR count). The van der Waals surface area contributed by atoms with Crippen molar-refractivity contribution in [1.82, 2.24) is 14.9 Å². The number of hydrogen-bond donors (Lipinski definition) is 1. The second-order valence-electron chi connectivity index (χ2n) is 7.86. The number of hydrogen-bond acceptors (Lipinski definition) is 9. The number of piperazine rings is 1. The summed E-state index contributed by atoms with van der Waals surface area (Å²) in [6.45, 7) is 3.31. The van der Waals surface area contributed by atoms with Crippen LogP contribution in [-0.4, -0.2) is 52.8 Å². The maximum absolute atomic E-state index is 13.6. The van der Waals surface area contributed by atoms with Crippen molar-refractivity contribution in [2.75, 3.05) is 43.2 Å². The number of aromatic nitrogens is 2. The predicted molar refractivity (Wildman–Crippen MR) is 118 cm³/mol. The summed E-state index contributed by atoms with van der Waals surface area (Å²) >= 11 is 0. The number of anilines is 3. The molecule has 34 heavy (non-hydrogen) atoms. The highest BCUT2D eigenvalue weighted by molar-refractivity contribution is 5.74. The molecule has 1 fully saturated rings. The van der Waals surface area contributed by atoms with Crippen molar-refractivity contribution in [3.8, 4) is 11.5 Å². The normalized spacial score (nSPS) is 15.4. The van der Waals surface area contributed by atoms with Gasteiger partial charge in [-0.05, 0) is 29.8 Å². The Labute approximate surface area is 192 Å². The third kappa shape index (κ3) is 4.39. The molecule has 2 aliphatic rings. The van der Waals surface area contributed by atoms with Gasteiger partial charge in [0.05, 0.1) is 4.92 Å². The van der Waals surface area contributed by atoms with Gasteiger partial charge in [-0.3, -0.25) is 15.0 Å². The van der Waals surface area contributed by atoms with Crippen LogP contribution in [0.5, 0.6) is 11.5 Å². The van der Waals surface area contributed by atoms with E-state index in [1.54, 1.807) is 0 Å². The second kappa shape index (κ2) is 9.06. The van der Waals surface area contributed by atoms with E-state index >= 15 is 0 Å². The highest BCUT2D eigenvalue weighted by Crippen LogP contribution is 2.35. The summed E-state index contributed by atoms with van der Waals surface area (Å²) in [7, 11) is 0. The molecular weight excluding hydrogens is 450 g/mol. The molecule has 0 radical (unpaired) electrons. The molecule has 3 aromatic rings. The summed E-state index contributed by atoms with van der Waals surface area (Å²) in [6.07, 6.45) is 1.21. The summed E-state index contributed by atoms with van der Waals surface area (Å²) < 4.78 is 37.6. The van der Waals surface area contributed by atoms with Crippen molar-refractivity contribution < 1.29 is 23.2 Å². The Morgan fingerprint density at radius 3 is 2.56 bits per heavy atom. The van der Waals surface area contributed by atoms with Crippen LogP contribution in [0, 0.1) is 21.7 Å². The molecule has 176 valence electrons. The number of benzene rings is 2. The van der Waals surface area contributed by atoms with E-state index in [-0.39, 0.29) is 29.8 Å². The van der Waals surface area contributed by atoms with Gasteiger partial charge in [-0.15, -0.1) is 0 Å². The van der Waals surface area contributed by atoms with Crippen molar-refractivity contribution in [3.05, 3.63) is 70.0 Å². The Kier molecular flexibility index (Phi) is 5.80. The molecule has 0 amide bonds. The Hall–Kier alpha value is -4.06. The Balaban J connectivity index is 1.29. The zero-order valence-electron chi connectivity index (χ0n) is 17.9. The Bertz CT molecular complexity index is 1240. The van der Waals surface area contributed by atoms with Crippen LogP contribution in [0.25, 0.3) is 0 Å². The van der Waals surface area contributed by atoms with Crippen molar-refractivity contribution in [1.29, 1.82) is 0 Å². The number of nitrogens with zero attached hydrogens (tertiary/aromatic N) is 5. The molecule has 0 spiro atoms. The molecule has 2 aliphatic heterocycles. The van der Waals surface area contributed by atoms with E-state index in [4.69, 9.17) is 9.47 Å². The van der Waals surface area contributed by atoms with Crippen LogP contribution in [-0.2, 0) is 6.54 Å². The minimum Gasteiger partial charge on any atom is -0.454 e. The summed E-state index contributed by atoms with van der Waals surface area (Å²) in [6, 6.07) is 8.96. The van der Waals surface area contributed by atoms with E-state index < -0.39 is 16.6 Å². The summed E-state index contributed by atoms with van der Waals surface area (Å²) in [5.74, 6) is -0.537. The van der Waals surface area contributed by atoms with Crippen molar-refractivity contribution >= 4 is 23.0 Å². The van der Waals surface area contributed by atoms with E-state index in [0.29, 0.717) is 32.7 Å². The highest BCUT2D eigenvalue weighted by atomic mass is 19.2. The standard InChI is InChI=1S/C22H20F2N6O4/c23-16-3-2-15(10-17(16)24)27-21-20(30(31)32)22(26-12-25-21)29-7-5-28(6-8-29)11-14-1-4-18-19(9-14)34-13-33-18/h1-4,9-10,12H,5-8,11,13H2,(H,25,26,27). The fraction of sp³-hybridized carbons (Fsp3) is 0.273. The molecule has 0 unspecified atom stereocenters. The number of fused-ring (bicyclic) bond motifs is 1. The number of halogens is 2. The average Bonchev–Trinajstić information content (AvgIpc) is 3.30. The molecule has 0 atom stereocenters. The van der Waals surface area contributed by atoms with Gasteiger partial charge in [-0.25, -0.2) is 18.7 Å². The minimum absolute atomic E-state index is 0.0937. The lowest BCUT2D eigenvalue weighted by molar-refractivity contribution is -0.383. The number of nitro groups is 1. The molecule has 2 aromatic carbocycles. The SMILES string of the molecule is O=[N+]([O-])c1c(Nc2ccc(F)c(F)c2)ncnc1N1CCN(Cc2ccc3c(c2)OCO3)CC1. The van der Waals surface area contributed by atoms with Gasteiger partial charge in [0.25, 0.3) is 0 Å². The fourth-order valence-corrected chi connectivity index (χ4v) is 3.99. The Morgan fingerprint density at radius 1 is 1.00 bits per heavy atom. The monoisotopic (exact) mass is 470 g/mol. The van der Waals surface area contributed by atoms with Gasteiger partial charge in [0.1, 0.15) is 6.33 Å². The molecule has 12 heteroatoms. The lowest BCUT2D eigenvalue weighted by atomic mass is 10.1. The summed E-state index contributed by atoms with van der Waals surface area (Å²) in [5, 5.41) is 14.6. The molecule has 1 aromatic heterocycles. The molecule has 0 bridgehead atoms. The zero-order chi connectivity index (χ0) is 23.7. The van der Waals surface area contributed by atoms with Gasteiger partial charge >= 0.3 is 5.69 Å². The zero-order valence-corrected chi connectivity index (χ0v) is 17.9. The maximum Gasteiger partial charge on any atom is 0.353 e. The van der Waals surface area contributed by atoms with E-state index in [1.165, 1.54) is 12.4 Å². The van der Waals surface area contributed by atoms with Gasteiger partial charge in [0.2, 0.25) is 18.4 Å². The quantitative estimate of drug-likeness (QED) is 0.428. The molecular formula is C22H20F2N6O4. The van der Waals surface area contributed by atoms with Gasteiger partial charge in [-0.2, -0.15) is 0 Å². The lowest BCUT2D eigenvalue weighted by Crippen LogP contribution is -2.46. The van der Waals surface area contributed by atoms with Gasteiger partial charge < -0.3 is 19.7 Å². The van der Waals surface area contributed by atoms with Crippen LogP contribution < -0.4 is 19.7 Å². The third-order valence-electron chi connectivity index (χ3n) is 5.68. The molecule has 0 saturated carbocycles. The smallest absolute Gasteiger partial charge is 0.353 e. The maximum atomic E-state index is 13.6. The van der Waals surface area contributed by atoms with Crippen LogP contribution in [0.2, 0.25) is 0 Å². The van der Waals surface area contributed by atoms with Gasteiger partial charge in [0, 0.05) is 44.5 Å². The van der Waals surface area contributed by atoms with Crippen molar-refractivity contribution in [3.63, 3.8) is 0 Å². The second-order valence-corrected chi connectivity index (χ2v) is 7.86. The molecule has 1 saturated heterocycles. The number of rotatable bonds is 6. The predicted octanol–water partition coefficient (Wildman–Crippen LogP) is 3.46. The van der Waals surface area contributed by atoms with Gasteiger partial charge in [-0.1, -0.05) is 6.07 Å². The highest BCUT2D eigenvalue weighted by Gasteiger charge is 2.29. The first kappa shape index (κ1) is 21.8. The number of nitrogens with one attached hydrogen (secondary N) is 1. The first-order valence-electron chi connectivity index (χ1n) is 10.6. The van der Waals surface area contributed by atoms with E-state index in [0.717, 1.165) is 29.2 Å². The largest absolute Gasteiger partial charge is 0.454 e. The van der Waals surface area contributed by atoms with Crippen LogP contribution >= 0.6 is 0 Å². The van der Waals surface area contributed by atoms with Crippen LogP contribution in [0.3, 0.4) is 0 Å². The van der Waals surface area contributed by atoms with Crippen molar-refractivity contribution in [2.45, 2.75) is 6.54 Å². The average molecular weight is 470 g/mol. The first-order chi connectivity index (χ1) is 16.5. The van der Waals surface area contributed by atoms with Crippen LogP contribution in [0.15, 0.2) is 42.7 Å². The van der Waals surface area contributed by atoms with E-state index in [9.17, 15) is 18.9 Å². The molecule has 10 nitrogen and oxygen atoms in total. The molecule has 0 aliphatic carbocycles. The number of ether oxygens (including phenoxy) is 2. The topological polar surface area (TPSA) is 106 Å². The van der Waals surface area contributed by atoms with Gasteiger partial charge in [0.15, 0.2) is 23.1 Å². The fourth-order valence-electron chi connectivity index (χ4n) is 3.99. The third-order valence-corrected chi connectivity index (χ3v) is 5.68. The Morgan fingerprint density at radius 2 is 1.79 bits per heavy atom. The molecule has 3 heterocycles. The summed E-state index contributed by atoms with van der Waals surface area (Å²) in [5.41, 5.74) is 0.903. The van der Waals surface area contributed by atoms with Crippen LogP contribution in [0.4, 0.5) is 31.8 Å². The lowest BCUT2D eigenvalue weighted by Gasteiger charge is -2.35. The minimum atomic E-state index is -1.07. The summed E-state index contributed by atoms with van der Waals surface area (Å²) in [4.78, 5) is 23.5. The molecule has 1 N–H and O–H groups in total. The van der Waals surface area contributed by atoms with Crippen molar-refractivity contribution in [2.24, 2.45) is 0 Å². The van der Waals surface area contributed by atoms with E-state index in [1.807, 2.05) is 23.1 Å². The van der Waals surface area contributed by atoms with E-state index in [2.05, 4.69) is 20.2 Å².